The zero-order valence-electron chi connectivity index (χ0n) is 6.01. The number of hydrogen-bond acceptors (Lipinski definition) is 1. The third-order valence-corrected chi connectivity index (χ3v) is 2.05. The Bertz CT molecular complexity index is 105. The summed E-state index contributed by atoms with van der Waals surface area (Å²) in [5.74, 6) is 0.745. The average molecular weight is 125 g/mol. The summed E-state index contributed by atoms with van der Waals surface area (Å²) in [6, 6.07) is 0.384. The molecule has 0 unspecified atom stereocenters. The molecule has 0 amide bonds. The van der Waals surface area contributed by atoms with Gasteiger partial charge >= 0.3 is 0 Å². The van der Waals surface area contributed by atoms with Crippen molar-refractivity contribution in [3.63, 3.8) is 0 Å². The van der Waals surface area contributed by atoms with Crippen molar-refractivity contribution in [1.29, 1.82) is 0 Å². The van der Waals surface area contributed by atoms with Crippen LogP contribution in [0.15, 0.2) is 12.2 Å². The third kappa shape index (κ3) is 1.83. The summed E-state index contributed by atoms with van der Waals surface area (Å²) in [5, 5.41) is 0. The lowest BCUT2D eigenvalue weighted by Crippen LogP contribution is -2.26. The van der Waals surface area contributed by atoms with Crippen LogP contribution in [0.1, 0.15) is 26.2 Å². The van der Waals surface area contributed by atoms with Crippen molar-refractivity contribution in [3.8, 4) is 0 Å². The molecule has 1 rings (SSSR count). The van der Waals surface area contributed by atoms with Crippen LogP contribution in [0.25, 0.3) is 0 Å². The summed E-state index contributed by atoms with van der Waals surface area (Å²) in [5.41, 5.74) is 5.73. The Morgan fingerprint density at radius 3 is 2.67 bits per heavy atom. The van der Waals surface area contributed by atoms with Gasteiger partial charge in [-0.25, -0.2) is 0 Å². The second-order valence-electron chi connectivity index (χ2n) is 2.90. The summed E-state index contributed by atoms with van der Waals surface area (Å²) < 4.78 is 0. The van der Waals surface area contributed by atoms with E-state index in [-0.39, 0.29) is 0 Å². The van der Waals surface area contributed by atoms with E-state index in [0.29, 0.717) is 6.04 Å². The van der Waals surface area contributed by atoms with E-state index in [1.807, 2.05) is 0 Å². The minimum absolute atomic E-state index is 0.384. The first kappa shape index (κ1) is 6.81. The molecular formula is C8H15N. The van der Waals surface area contributed by atoms with Crippen LogP contribution in [0.4, 0.5) is 0 Å². The maximum atomic E-state index is 5.73. The van der Waals surface area contributed by atoms with E-state index >= 15 is 0 Å². The first-order chi connectivity index (χ1) is 4.30. The first-order valence-corrected chi connectivity index (χ1v) is 3.71. The van der Waals surface area contributed by atoms with Crippen LogP contribution in [0.5, 0.6) is 0 Å². The van der Waals surface area contributed by atoms with E-state index in [1.54, 1.807) is 0 Å². The third-order valence-electron chi connectivity index (χ3n) is 2.05. The van der Waals surface area contributed by atoms with Crippen molar-refractivity contribution >= 4 is 0 Å². The van der Waals surface area contributed by atoms with Gasteiger partial charge in [0.05, 0.1) is 0 Å². The predicted molar refractivity (Wildman–Crippen MR) is 40.1 cm³/mol. The number of nitrogens with two attached hydrogens (primary N) is 1. The Balaban J connectivity index is 2.35. The Morgan fingerprint density at radius 1 is 1.56 bits per heavy atom. The fourth-order valence-corrected chi connectivity index (χ4v) is 1.29. The maximum absolute atomic E-state index is 5.73. The van der Waals surface area contributed by atoms with Crippen LogP contribution < -0.4 is 5.73 Å². The molecule has 1 aliphatic rings. The van der Waals surface area contributed by atoms with Gasteiger partial charge in [-0.05, 0) is 32.1 Å². The number of allylic oxidation sites excluding steroid dienone is 2. The van der Waals surface area contributed by atoms with E-state index in [0.717, 1.165) is 5.92 Å². The second-order valence-corrected chi connectivity index (χ2v) is 2.90. The standard InChI is InChI=1S/C8H15N/c1-7(9)8-5-3-2-4-6-8/h2-3,7-8H,4-6,9H2,1H3/t7-,8-/m0/s1. The van der Waals surface area contributed by atoms with Gasteiger partial charge in [-0.15, -0.1) is 0 Å². The van der Waals surface area contributed by atoms with Crippen LogP contribution in [0, 0.1) is 5.92 Å². The van der Waals surface area contributed by atoms with Gasteiger partial charge < -0.3 is 5.73 Å². The maximum Gasteiger partial charge on any atom is 0.00418 e. The van der Waals surface area contributed by atoms with Crippen molar-refractivity contribution < 1.29 is 0 Å². The number of rotatable bonds is 1. The molecular weight excluding hydrogens is 110 g/mol. The van der Waals surface area contributed by atoms with Crippen LogP contribution in [0.3, 0.4) is 0 Å². The highest BCUT2D eigenvalue weighted by Crippen LogP contribution is 2.19. The summed E-state index contributed by atoms with van der Waals surface area (Å²) in [6.45, 7) is 2.10. The lowest BCUT2D eigenvalue weighted by molar-refractivity contribution is 0.409. The van der Waals surface area contributed by atoms with Gasteiger partial charge in [-0.2, -0.15) is 0 Å². The van der Waals surface area contributed by atoms with Gasteiger partial charge in [0.15, 0.2) is 0 Å². The minimum Gasteiger partial charge on any atom is -0.328 e. The fourth-order valence-electron chi connectivity index (χ4n) is 1.29. The molecule has 0 bridgehead atoms. The van der Waals surface area contributed by atoms with Crippen molar-refractivity contribution in [1.82, 2.24) is 0 Å². The summed E-state index contributed by atoms with van der Waals surface area (Å²) in [7, 11) is 0. The lowest BCUT2D eigenvalue weighted by Gasteiger charge is -2.20. The van der Waals surface area contributed by atoms with Crippen LogP contribution in [-0.4, -0.2) is 6.04 Å². The van der Waals surface area contributed by atoms with E-state index in [9.17, 15) is 0 Å². The molecule has 9 heavy (non-hydrogen) atoms. The van der Waals surface area contributed by atoms with E-state index in [1.165, 1.54) is 19.3 Å². The molecule has 0 spiro atoms. The zero-order chi connectivity index (χ0) is 6.69. The van der Waals surface area contributed by atoms with Crippen molar-refractivity contribution in [3.05, 3.63) is 12.2 Å². The first-order valence-electron chi connectivity index (χ1n) is 3.71. The molecule has 0 saturated carbocycles. The van der Waals surface area contributed by atoms with Crippen LogP contribution in [-0.2, 0) is 0 Å². The predicted octanol–water partition coefficient (Wildman–Crippen LogP) is 1.69. The molecule has 0 fully saturated rings. The van der Waals surface area contributed by atoms with Crippen molar-refractivity contribution in [2.45, 2.75) is 32.2 Å². The van der Waals surface area contributed by atoms with Crippen molar-refractivity contribution in [2.75, 3.05) is 0 Å². The van der Waals surface area contributed by atoms with Crippen molar-refractivity contribution in [2.24, 2.45) is 11.7 Å². The molecule has 0 aromatic rings. The van der Waals surface area contributed by atoms with Gasteiger partial charge in [-0.3, -0.25) is 0 Å². The largest absolute Gasteiger partial charge is 0.328 e. The zero-order valence-corrected chi connectivity index (χ0v) is 6.01. The van der Waals surface area contributed by atoms with Crippen LogP contribution in [0.2, 0.25) is 0 Å². The normalized spacial score (nSPS) is 30.2. The van der Waals surface area contributed by atoms with Crippen LogP contribution >= 0.6 is 0 Å². The Kier molecular flexibility index (Phi) is 2.29. The molecule has 0 aromatic carbocycles. The fraction of sp³-hybridized carbons (Fsp3) is 0.750. The second kappa shape index (κ2) is 3.02. The summed E-state index contributed by atoms with van der Waals surface area (Å²) in [6.07, 6.45) is 8.20. The number of hydrogen-bond donors (Lipinski definition) is 1. The molecule has 52 valence electrons. The lowest BCUT2D eigenvalue weighted by atomic mass is 9.89. The highest BCUT2D eigenvalue weighted by atomic mass is 14.6. The topological polar surface area (TPSA) is 26.0 Å². The molecule has 2 N–H and O–H groups in total. The molecule has 0 aromatic heterocycles. The Morgan fingerprint density at radius 2 is 2.33 bits per heavy atom. The smallest absolute Gasteiger partial charge is 0.00418 e. The molecule has 0 heterocycles. The van der Waals surface area contributed by atoms with Gasteiger partial charge in [0, 0.05) is 6.04 Å². The quantitative estimate of drug-likeness (QED) is 0.530. The van der Waals surface area contributed by atoms with Gasteiger partial charge in [-0.1, -0.05) is 12.2 Å². The molecule has 0 radical (unpaired) electrons. The van der Waals surface area contributed by atoms with Gasteiger partial charge in [0.2, 0.25) is 0 Å². The monoisotopic (exact) mass is 125 g/mol. The van der Waals surface area contributed by atoms with Gasteiger partial charge in [0.25, 0.3) is 0 Å². The van der Waals surface area contributed by atoms with E-state index < -0.39 is 0 Å². The minimum atomic E-state index is 0.384. The molecule has 1 nitrogen and oxygen atoms in total. The Labute approximate surface area is 56.9 Å². The molecule has 0 aliphatic heterocycles. The van der Waals surface area contributed by atoms with E-state index in [4.69, 9.17) is 5.73 Å². The molecule has 0 saturated heterocycles. The highest BCUT2D eigenvalue weighted by Gasteiger charge is 2.12. The summed E-state index contributed by atoms with van der Waals surface area (Å²) in [4.78, 5) is 0. The average Bonchev–Trinajstić information content (AvgIpc) is 1.90. The SMILES string of the molecule is C[C@H](N)[C@H]1CC=CCC1. The molecule has 2 atom stereocenters. The Hall–Kier alpha value is -0.300. The summed E-state index contributed by atoms with van der Waals surface area (Å²) >= 11 is 0. The van der Waals surface area contributed by atoms with Gasteiger partial charge in [0.1, 0.15) is 0 Å². The molecule has 1 aliphatic carbocycles. The van der Waals surface area contributed by atoms with E-state index in [2.05, 4.69) is 19.1 Å². The highest BCUT2D eigenvalue weighted by molar-refractivity contribution is 4.92. The molecule has 1 heteroatoms.